The monoisotopic (exact) mass is 245 g/mol. The fourth-order valence-electron chi connectivity index (χ4n) is 1.69. The molecule has 18 heavy (non-hydrogen) atoms. The smallest absolute Gasteiger partial charge is 0.154 e. The van der Waals surface area contributed by atoms with Crippen LogP contribution in [0.4, 0.5) is 0 Å². The molecule has 1 aliphatic heterocycles. The highest BCUT2D eigenvalue weighted by Gasteiger charge is 2.15. The quantitative estimate of drug-likeness (QED) is 0.768. The third-order valence-electron chi connectivity index (χ3n) is 2.97. The summed E-state index contributed by atoms with van der Waals surface area (Å²) in [5.41, 5.74) is 0.956. The van der Waals surface area contributed by atoms with Crippen LogP contribution in [0.15, 0.2) is 29.1 Å². The van der Waals surface area contributed by atoms with Gasteiger partial charge in [-0.25, -0.2) is 4.98 Å². The molecule has 2 rings (SSSR count). The number of nitrogens with zero attached hydrogens (tertiary/aromatic N) is 3. The second kappa shape index (κ2) is 4.80. The highest BCUT2D eigenvalue weighted by atomic mass is 16.5. The van der Waals surface area contributed by atoms with Crippen LogP contribution in [0.2, 0.25) is 0 Å². The summed E-state index contributed by atoms with van der Waals surface area (Å²) in [7, 11) is 1.68. The summed E-state index contributed by atoms with van der Waals surface area (Å²) in [5.74, 6) is 1.78. The van der Waals surface area contributed by atoms with E-state index in [1.54, 1.807) is 7.11 Å². The van der Waals surface area contributed by atoms with E-state index in [2.05, 4.69) is 34.5 Å². The van der Waals surface area contributed by atoms with E-state index in [4.69, 9.17) is 4.74 Å². The summed E-state index contributed by atoms with van der Waals surface area (Å²) >= 11 is 0. The van der Waals surface area contributed by atoms with Crippen molar-refractivity contribution in [2.24, 2.45) is 4.99 Å². The molecule has 1 aromatic rings. The second-order valence-electron chi connectivity index (χ2n) is 4.93. The summed E-state index contributed by atoms with van der Waals surface area (Å²) in [4.78, 5) is 8.86. The summed E-state index contributed by atoms with van der Waals surface area (Å²) in [5, 5.41) is 0. The maximum absolute atomic E-state index is 5.14. The topological polar surface area (TPSA) is 39.4 Å². The number of allylic oxidation sites excluding steroid dienone is 2. The van der Waals surface area contributed by atoms with Crippen LogP contribution in [-0.2, 0) is 11.2 Å². The molecule has 1 aromatic heterocycles. The van der Waals surface area contributed by atoms with E-state index < -0.39 is 0 Å². The van der Waals surface area contributed by atoms with Gasteiger partial charge in [0.15, 0.2) is 5.82 Å². The first-order valence-corrected chi connectivity index (χ1v) is 6.03. The molecule has 0 aliphatic carbocycles. The number of hydrogen-bond donors (Lipinski definition) is 0. The highest BCUT2D eigenvalue weighted by molar-refractivity contribution is 5.78. The summed E-state index contributed by atoms with van der Waals surface area (Å²) < 4.78 is 7.20. The van der Waals surface area contributed by atoms with E-state index in [1.165, 1.54) is 0 Å². The Kier molecular flexibility index (Phi) is 3.36. The first kappa shape index (κ1) is 12.6. The molecular weight excluding hydrogens is 226 g/mol. The van der Waals surface area contributed by atoms with Gasteiger partial charge in [-0.2, -0.15) is 0 Å². The lowest BCUT2D eigenvalue weighted by atomic mass is 10.1. The Bertz CT molecular complexity index is 521. The van der Waals surface area contributed by atoms with Gasteiger partial charge in [0, 0.05) is 24.5 Å². The standard InChI is InChI=1S/C14H19N3O/c1-11(18-4)5-6-12-9-15-13-10-16-14(2,3)7-8-17(12)13/h5,7-10H,6H2,1-4H3/b11-5+. The lowest BCUT2D eigenvalue weighted by Crippen LogP contribution is -2.11. The third-order valence-corrected chi connectivity index (χ3v) is 2.97. The number of aromatic nitrogens is 2. The van der Waals surface area contributed by atoms with E-state index in [9.17, 15) is 0 Å². The SMILES string of the molecule is CO/C(C)=C/Cc1cnc2n1C=CC(C)(C)N=C2. The van der Waals surface area contributed by atoms with Gasteiger partial charge in [0.2, 0.25) is 0 Å². The maximum atomic E-state index is 5.14. The number of methoxy groups -OCH3 is 1. The third kappa shape index (κ3) is 2.70. The van der Waals surface area contributed by atoms with Crippen LogP contribution in [0.25, 0.3) is 6.20 Å². The van der Waals surface area contributed by atoms with E-state index in [1.807, 2.05) is 31.6 Å². The predicted molar refractivity (Wildman–Crippen MR) is 73.7 cm³/mol. The van der Waals surface area contributed by atoms with Crippen molar-refractivity contribution in [3.8, 4) is 0 Å². The molecule has 4 heteroatoms. The van der Waals surface area contributed by atoms with Crippen molar-refractivity contribution in [2.75, 3.05) is 7.11 Å². The van der Waals surface area contributed by atoms with E-state index in [0.717, 1.165) is 23.7 Å². The Morgan fingerprint density at radius 1 is 1.50 bits per heavy atom. The van der Waals surface area contributed by atoms with Crippen molar-refractivity contribution >= 4 is 12.4 Å². The number of aliphatic imine (C=N–C) groups is 1. The molecule has 96 valence electrons. The van der Waals surface area contributed by atoms with Crippen LogP contribution in [0, 0.1) is 0 Å². The molecule has 0 saturated carbocycles. The van der Waals surface area contributed by atoms with Gasteiger partial charge in [-0.15, -0.1) is 0 Å². The van der Waals surface area contributed by atoms with Gasteiger partial charge in [-0.05, 0) is 32.9 Å². The van der Waals surface area contributed by atoms with E-state index >= 15 is 0 Å². The van der Waals surface area contributed by atoms with Crippen LogP contribution in [0.1, 0.15) is 32.3 Å². The molecule has 0 aromatic carbocycles. The van der Waals surface area contributed by atoms with Crippen LogP contribution < -0.4 is 0 Å². The number of rotatable bonds is 3. The molecule has 0 amide bonds. The number of fused-ring (bicyclic) bond motifs is 1. The van der Waals surface area contributed by atoms with Gasteiger partial charge in [0.25, 0.3) is 0 Å². The first-order valence-electron chi connectivity index (χ1n) is 6.03. The van der Waals surface area contributed by atoms with Gasteiger partial charge >= 0.3 is 0 Å². The second-order valence-corrected chi connectivity index (χ2v) is 4.93. The molecule has 2 heterocycles. The minimum atomic E-state index is -0.170. The molecule has 4 nitrogen and oxygen atoms in total. The van der Waals surface area contributed by atoms with Crippen LogP contribution in [0.5, 0.6) is 0 Å². The summed E-state index contributed by atoms with van der Waals surface area (Å²) in [6.07, 6.45) is 10.7. The Morgan fingerprint density at radius 3 is 3.00 bits per heavy atom. The highest BCUT2D eigenvalue weighted by Crippen LogP contribution is 2.17. The molecule has 0 N–H and O–H groups in total. The molecule has 1 aliphatic rings. The minimum absolute atomic E-state index is 0.170. The van der Waals surface area contributed by atoms with Crippen molar-refractivity contribution in [3.05, 3.63) is 35.6 Å². The number of imidazole rings is 1. The van der Waals surface area contributed by atoms with Gasteiger partial charge in [-0.1, -0.05) is 0 Å². The first-order chi connectivity index (χ1) is 8.52. The van der Waals surface area contributed by atoms with Gasteiger partial charge in [0.05, 0.1) is 24.6 Å². The van der Waals surface area contributed by atoms with Crippen molar-refractivity contribution in [1.29, 1.82) is 0 Å². The average molecular weight is 245 g/mol. The molecule has 0 unspecified atom stereocenters. The van der Waals surface area contributed by atoms with Gasteiger partial charge in [0.1, 0.15) is 0 Å². The van der Waals surface area contributed by atoms with Crippen molar-refractivity contribution in [3.63, 3.8) is 0 Å². The van der Waals surface area contributed by atoms with E-state index in [-0.39, 0.29) is 5.54 Å². The predicted octanol–water partition coefficient (Wildman–Crippen LogP) is 2.66. The maximum Gasteiger partial charge on any atom is 0.154 e. The Balaban J connectivity index is 2.28. The average Bonchev–Trinajstić information content (AvgIpc) is 2.66. The van der Waals surface area contributed by atoms with Crippen molar-refractivity contribution in [1.82, 2.24) is 9.55 Å². The van der Waals surface area contributed by atoms with Crippen LogP contribution in [0.3, 0.4) is 0 Å². The summed E-state index contributed by atoms with van der Waals surface area (Å²) in [6, 6.07) is 0. The molecule has 0 saturated heterocycles. The molecule has 0 radical (unpaired) electrons. The number of ether oxygens (including phenoxy) is 1. The lowest BCUT2D eigenvalue weighted by molar-refractivity contribution is 0.292. The fraction of sp³-hybridized carbons (Fsp3) is 0.429. The zero-order valence-corrected chi connectivity index (χ0v) is 11.3. The molecule has 0 bridgehead atoms. The van der Waals surface area contributed by atoms with Crippen LogP contribution in [-0.4, -0.2) is 28.4 Å². The molecule has 0 spiro atoms. The minimum Gasteiger partial charge on any atom is -0.502 e. The van der Waals surface area contributed by atoms with Gasteiger partial charge < -0.3 is 9.30 Å². The van der Waals surface area contributed by atoms with Crippen molar-refractivity contribution < 1.29 is 4.74 Å². The van der Waals surface area contributed by atoms with Gasteiger partial charge in [-0.3, -0.25) is 4.99 Å². The van der Waals surface area contributed by atoms with E-state index in [0.29, 0.717) is 0 Å². The zero-order chi connectivity index (χ0) is 13.2. The number of hydrogen-bond acceptors (Lipinski definition) is 3. The molecule has 0 atom stereocenters. The zero-order valence-electron chi connectivity index (χ0n) is 11.3. The molecular formula is C14H19N3O. The Hall–Kier alpha value is -1.84. The Labute approximate surface area is 108 Å². The van der Waals surface area contributed by atoms with Crippen LogP contribution >= 0.6 is 0 Å². The summed E-state index contributed by atoms with van der Waals surface area (Å²) in [6.45, 7) is 6.09. The fourth-order valence-corrected chi connectivity index (χ4v) is 1.69. The Morgan fingerprint density at radius 2 is 2.28 bits per heavy atom. The van der Waals surface area contributed by atoms with Crippen molar-refractivity contribution in [2.45, 2.75) is 32.7 Å². The largest absolute Gasteiger partial charge is 0.502 e. The molecule has 0 fully saturated rings. The normalized spacial score (nSPS) is 17.4. The lowest BCUT2D eigenvalue weighted by Gasteiger charge is -2.11.